The molecule has 0 amide bonds. The van der Waals surface area contributed by atoms with Gasteiger partial charge in [-0.2, -0.15) is 13.2 Å². The third kappa shape index (κ3) is 6.25. The van der Waals surface area contributed by atoms with Crippen molar-refractivity contribution in [3.05, 3.63) is 145 Å². The average molecular weight is 735 g/mol. The number of halogens is 3. The molecule has 0 bridgehead atoms. The highest BCUT2D eigenvalue weighted by Crippen LogP contribution is 2.54. The SMILES string of the molecule is COc1ccc(-c2c3ccc(OC)cc3c(-c3ccc(C(F)(F)F)cc3)c3c(-c4ccc(OC)cc4)c4ccc(OC)cc4c(-c4ccc(C)cc4)c23)cc1. The maximum absolute atomic E-state index is 14.0. The molecule has 55 heavy (non-hydrogen) atoms. The Labute approximate surface area is 317 Å². The van der Waals surface area contributed by atoms with Gasteiger partial charge in [0.1, 0.15) is 23.0 Å². The Bertz CT molecular complexity index is 2700. The zero-order valence-corrected chi connectivity index (χ0v) is 31.0. The van der Waals surface area contributed by atoms with E-state index in [0.717, 1.165) is 89.0 Å². The van der Waals surface area contributed by atoms with Gasteiger partial charge < -0.3 is 18.9 Å². The molecule has 8 aromatic carbocycles. The second-order valence-corrected chi connectivity index (χ2v) is 13.5. The Balaban J connectivity index is 1.72. The predicted molar refractivity (Wildman–Crippen MR) is 217 cm³/mol. The Morgan fingerprint density at radius 1 is 0.364 bits per heavy atom. The molecule has 8 rings (SSSR count). The van der Waals surface area contributed by atoms with Gasteiger partial charge in [-0.15, -0.1) is 0 Å². The monoisotopic (exact) mass is 734 g/mol. The second-order valence-electron chi connectivity index (χ2n) is 13.5. The minimum absolute atomic E-state index is 0.621. The van der Waals surface area contributed by atoms with Crippen LogP contribution in [0.25, 0.3) is 76.8 Å². The molecule has 0 aliphatic rings. The van der Waals surface area contributed by atoms with E-state index in [1.54, 1.807) is 40.6 Å². The smallest absolute Gasteiger partial charge is 0.416 e. The summed E-state index contributed by atoms with van der Waals surface area (Å²) < 4.78 is 64.9. The molecule has 0 spiro atoms. The van der Waals surface area contributed by atoms with Crippen molar-refractivity contribution in [2.45, 2.75) is 13.1 Å². The number of alkyl halides is 3. The zero-order chi connectivity index (χ0) is 38.4. The van der Waals surface area contributed by atoms with Crippen LogP contribution in [0.3, 0.4) is 0 Å². The van der Waals surface area contributed by atoms with Crippen molar-refractivity contribution in [3.8, 4) is 67.5 Å². The van der Waals surface area contributed by atoms with E-state index < -0.39 is 11.7 Å². The van der Waals surface area contributed by atoms with Crippen LogP contribution in [0.15, 0.2) is 133 Å². The fourth-order valence-corrected chi connectivity index (χ4v) is 7.70. The Morgan fingerprint density at radius 2 is 0.673 bits per heavy atom. The number of benzene rings is 8. The van der Waals surface area contributed by atoms with Gasteiger partial charge in [0.2, 0.25) is 0 Å². The van der Waals surface area contributed by atoms with Crippen molar-refractivity contribution in [2.24, 2.45) is 0 Å². The molecule has 0 atom stereocenters. The second kappa shape index (κ2) is 14.1. The van der Waals surface area contributed by atoms with Gasteiger partial charge in [-0.25, -0.2) is 0 Å². The Hall–Kier alpha value is -6.47. The first-order valence-electron chi connectivity index (χ1n) is 17.8. The van der Waals surface area contributed by atoms with Gasteiger partial charge in [0, 0.05) is 0 Å². The van der Waals surface area contributed by atoms with Crippen molar-refractivity contribution >= 4 is 32.3 Å². The maximum Gasteiger partial charge on any atom is 0.416 e. The number of fused-ring (bicyclic) bond motifs is 3. The van der Waals surface area contributed by atoms with E-state index in [1.807, 2.05) is 60.7 Å². The molecule has 0 heterocycles. The number of aryl methyl sites for hydroxylation is 1. The molecular formula is C48H37F3O4. The fraction of sp³-hybridized carbons (Fsp3) is 0.125. The molecule has 0 aliphatic carbocycles. The third-order valence-corrected chi connectivity index (χ3v) is 10.4. The first-order valence-corrected chi connectivity index (χ1v) is 17.8. The quantitative estimate of drug-likeness (QED) is 0.146. The summed E-state index contributed by atoms with van der Waals surface area (Å²) in [5.74, 6) is 2.73. The van der Waals surface area contributed by atoms with Crippen LogP contribution >= 0.6 is 0 Å². The topological polar surface area (TPSA) is 36.9 Å². The van der Waals surface area contributed by atoms with E-state index in [0.29, 0.717) is 28.6 Å². The first kappa shape index (κ1) is 35.6. The highest BCUT2D eigenvalue weighted by Gasteiger charge is 2.31. The molecule has 0 aromatic heterocycles. The number of hydrogen-bond acceptors (Lipinski definition) is 4. The van der Waals surface area contributed by atoms with Crippen LogP contribution < -0.4 is 18.9 Å². The van der Waals surface area contributed by atoms with Crippen molar-refractivity contribution in [1.82, 2.24) is 0 Å². The van der Waals surface area contributed by atoms with Crippen LogP contribution in [0.1, 0.15) is 11.1 Å². The van der Waals surface area contributed by atoms with Crippen LogP contribution in [0.4, 0.5) is 13.2 Å². The lowest BCUT2D eigenvalue weighted by atomic mass is 9.77. The minimum Gasteiger partial charge on any atom is -0.497 e. The maximum atomic E-state index is 14.0. The molecular weight excluding hydrogens is 698 g/mol. The summed E-state index contributed by atoms with van der Waals surface area (Å²) in [6.07, 6.45) is -4.49. The molecule has 7 heteroatoms. The van der Waals surface area contributed by atoms with Crippen molar-refractivity contribution < 1.29 is 32.1 Å². The molecule has 274 valence electrons. The predicted octanol–water partition coefficient (Wildman–Crippen LogP) is 13.2. The van der Waals surface area contributed by atoms with E-state index in [-0.39, 0.29) is 0 Å². The van der Waals surface area contributed by atoms with E-state index >= 15 is 0 Å². The van der Waals surface area contributed by atoms with Crippen LogP contribution in [0.2, 0.25) is 0 Å². The van der Waals surface area contributed by atoms with Crippen LogP contribution in [0, 0.1) is 6.92 Å². The van der Waals surface area contributed by atoms with Crippen LogP contribution in [0.5, 0.6) is 23.0 Å². The van der Waals surface area contributed by atoms with Crippen molar-refractivity contribution in [1.29, 1.82) is 0 Å². The van der Waals surface area contributed by atoms with Crippen molar-refractivity contribution in [3.63, 3.8) is 0 Å². The highest BCUT2D eigenvalue weighted by molar-refractivity contribution is 6.34. The Morgan fingerprint density at radius 3 is 1.02 bits per heavy atom. The van der Waals surface area contributed by atoms with Gasteiger partial charge >= 0.3 is 6.18 Å². The van der Waals surface area contributed by atoms with Crippen LogP contribution in [-0.4, -0.2) is 28.4 Å². The lowest BCUT2D eigenvalue weighted by molar-refractivity contribution is -0.137. The standard InChI is InChI=1S/C48H37F3O4/c1-28-6-8-29(9-7-28)44-40-26-36(54-4)22-24-38(40)43(32-14-20-35(53-3)21-15-32)47-45(30-10-16-33(17-11-30)48(49,50)51)41-27-37(55-5)23-25-39(41)42(46(44)47)31-12-18-34(52-2)19-13-31/h6-27H,1-5H3. The Kier molecular flexibility index (Phi) is 9.09. The third-order valence-electron chi connectivity index (χ3n) is 10.4. The number of ether oxygens (including phenoxy) is 4. The summed E-state index contributed by atoms with van der Waals surface area (Å²) in [6.45, 7) is 2.06. The summed E-state index contributed by atoms with van der Waals surface area (Å²) >= 11 is 0. The lowest BCUT2D eigenvalue weighted by Gasteiger charge is -2.26. The van der Waals surface area contributed by atoms with E-state index in [2.05, 4.69) is 55.5 Å². The highest BCUT2D eigenvalue weighted by atomic mass is 19.4. The minimum atomic E-state index is -4.49. The van der Waals surface area contributed by atoms with Gasteiger partial charge in [0.05, 0.1) is 34.0 Å². The number of methoxy groups -OCH3 is 4. The number of hydrogen-bond donors (Lipinski definition) is 0. The van der Waals surface area contributed by atoms with Gasteiger partial charge in [-0.3, -0.25) is 0 Å². The summed E-state index contributed by atoms with van der Waals surface area (Å²) in [7, 11) is 6.54. The number of rotatable bonds is 8. The zero-order valence-electron chi connectivity index (χ0n) is 31.0. The van der Waals surface area contributed by atoms with Crippen LogP contribution in [-0.2, 0) is 6.18 Å². The molecule has 0 radical (unpaired) electrons. The first-order chi connectivity index (χ1) is 26.6. The lowest BCUT2D eigenvalue weighted by Crippen LogP contribution is -2.04. The van der Waals surface area contributed by atoms with Gasteiger partial charge in [-0.1, -0.05) is 78.4 Å². The van der Waals surface area contributed by atoms with Crippen molar-refractivity contribution in [2.75, 3.05) is 28.4 Å². The van der Waals surface area contributed by atoms with E-state index in [4.69, 9.17) is 18.9 Å². The molecule has 0 fully saturated rings. The molecule has 8 aromatic rings. The van der Waals surface area contributed by atoms with Gasteiger partial charge in [0.15, 0.2) is 0 Å². The normalized spacial score (nSPS) is 11.6. The molecule has 0 saturated heterocycles. The summed E-state index contributed by atoms with van der Waals surface area (Å²) in [5, 5.41) is 5.46. The largest absolute Gasteiger partial charge is 0.497 e. The van der Waals surface area contributed by atoms with Gasteiger partial charge in [-0.05, 0) is 144 Å². The molecule has 0 unspecified atom stereocenters. The fourth-order valence-electron chi connectivity index (χ4n) is 7.70. The molecule has 4 nitrogen and oxygen atoms in total. The summed E-state index contributed by atoms with van der Waals surface area (Å²) in [6, 6.07) is 41.9. The summed E-state index contributed by atoms with van der Waals surface area (Å²) in [5.41, 5.74) is 7.50. The van der Waals surface area contributed by atoms with E-state index in [9.17, 15) is 13.2 Å². The van der Waals surface area contributed by atoms with Gasteiger partial charge in [0.25, 0.3) is 0 Å². The summed E-state index contributed by atoms with van der Waals surface area (Å²) in [4.78, 5) is 0. The molecule has 0 aliphatic heterocycles. The molecule has 0 saturated carbocycles. The average Bonchev–Trinajstić information content (AvgIpc) is 3.22. The molecule has 0 N–H and O–H groups in total. The van der Waals surface area contributed by atoms with E-state index in [1.165, 1.54) is 0 Å².